The molecule has 5 heteroatoms. The van der Waals surface area contributed by atoms with E-state index in [0.29, 0.717) is 17.6 Å². The maximum Gasteiger partial charge on any atom is 0.258 e. The summed E-state index contributed by atoms with van der Waals surface area (Å²) < 4.78 is 0. The van der Waals surface area contributed by atoms with Gasteiger partial charge >= 0.3 is 0 Å². The number of carbonyl (C=O) groups excluding carboxylic acids is 1. The molecule has 0 radical (unpaired) electrons. The van der Waals surface area contributed by atoms with Crippen LogP contribution in [0.5, 0.6) is 0 Å². The van der Waals surface area contributed by atoms with Crippen LogP contribution >= 0.6 is 0 Å². The second-order valence-electron chi connectivity index (χ2n) is 6.19. The quantitative estimate of drug-likeness (QED) is 0.903. The fourth-order valence-electron chi connectivity index (χ4n) is 2.84. The topological polar surface area (TPSA) is 66.9 Å². The first-order valence-corrected chi connectivity index (χ1v) is 8.09. The van der Waals surface area contributed by atoms with E-state index in [1.807, 2.05) is 32.0 Å². The zero-order chi connectivity index (χ0) is 16.2. The molecule has 1 heterocycles. The fourth-order valence-corrected chi connectivity index (χ4v) is 2.84. The summed E-state index contributed by atoms with van der Waals surface area (Å²) in [6.45, 7) is 3.97. The highest BCUT2D eigenvalue weighted by Gasteiger charge is 2.16. The van der Waals surface area contributed by atoms with E-state index in [4.69, 9.17) is 0 Å². The molecule has 1 aliphatic carbocycles. The highest BCUT2D eigenvalue weighted by atomic mass is 16.1. The normalized spacial score (nSPS) is 14.7. The third kappa shape index (κ3) is 3.86. The summed E-state index contributed by atoms with van der Waals surface area (Å²) in [6.07, 6.45) is 7.99. The molecule has 1 aliphatic rings. The average molecular weight is 310 g/mol. The summed E-state index contributed by atoms with van der Waals surface area (Å²) in [7, 11) is 0. The first-order valence-electron chi connectivity index (χ1n) is 8.09. The predicted molar refractivity (Wildman–Crippen MR) is 91.8 cm³/mol. The van der Waals surface area contributed by atoms with Crippen molar-refractivity contribution in [1.29, 1.82) is 0 Å². The summed E-state index contributed by atoms with van der Waals surface area (Å²) >= 11 is 0. The van der Waals surface area contributed by atoms with Crippen molar-refractivity contribution < 1.29 is 4.79 Å². The molecule has 0 bridgehead atoms. The van der Waals surface area contributed by atoms with E-state index in [1.54, 1.807) is 12.4 Å². The summed E-state index contributed by atoms with van der Waals surface area (Å²) in [5.41, 5.74) is 3.42. The van der Waals surface area contributed by atoms with Gasteiger partial charge < -0.3 is 10.6 Å². The molecule has 2 N–H and O–H groups in total. The first-order chi connectivity index (χ1) is 11.1. The van der Waals surface area contributed by atoms with Crippen LogP contribution in [0.15, 0.2) is 30.6 Å². The molecule has 0 saturated heterocycles. The number of nitrogens with one attached hydrogen (secondary N) is 2. The second-order valence-corrected chi connectivity index (χ2v) is 6.19. The van der Waals surface area contributed by atoms with E-state index in [0.717, 1.165) is 29.7 Å². The third-order valence-electron chi connectivity index (χ3n) is 4.24. The van der Waals surface area contributed by atoms with E-state index in [9.17, 15) is 4.79 Å². The van der Waals surface area contributed by atoms with Crippen molar-refractivity contribution in [2.45, 2.75) is 45.6 Å². The van der Waals surface area contributed by atoms with Crippen molar-refractivity contribution in [1.82, 2.24) is 9.97 Å². The number of benzene rings is 1. The van der Waals surface area contributed by atoms with Crippen LogP contribution in [0.3, 0.4) is 0 Å². The van der Waals surface area contributed by atoms with Gasteiger partial charge in [-0.2, -0.15) is 0 Å². The highest BCUT2D eigenvalue weighted by Crippen LogP contribution is 2.21. The van der Waals surface area contributed by atoms with Crippen molar-refractivity contribution in [2.24, 2.45) is 0 Å². The van der Waals surface area contributed by atoms with Crippen molar-refractivity contribution in [3.8, 4) is 0 Å². The smallest absolute Gasteiger partial charge is 0.258 e. The standard InChI is InChI=1S/C18H22N4O/c1-12-7-8-13(2)16(9-12)22-17(23)14-10-19-18(20-11-14)21-15-5-3-4-6-15/h7-11,15H,3-6H2,1-2H3,(H,22,23)(H,19,20,21). The molecule has 0 spiro atoms. The molecule has 1 saturated carbocycles. The number of aromatic nitrogens is 2. The van der Waals surface area contributed by atoms with Gasteiger partial charge in [0.25, 0.3) is 5.91 Å². The van der Waals surface area contributed by atoms with Crippen molar-refractivity contribution in [3.05, 3.63) is 47.3 Å². The van der Waals surface area contributed by atoms with E-state index >= 15 is 0 Å². The van der Waals surface area contributed by atoms with Crippen LogP contribution < -0.4 is 10.6 Å². The SMILES string of the molecule is Cc1ccc(C)c(NC(=O)c2cnc(NC3CCCC3)nc2)c1. The van der Waals surface area contributed by atoms with Gasteiger partial charge in [0.15, 0.2) is 0 Å². The number of carbonyl (C=O) groups is 1. The second kappa shape index (κ2) is 6.77. The lowest BCUT2D eigenvalue weighted by molar-refractivity contribution is 0.102. The molecule has 2 aromatic rings. The first kappa shape index (κ1) is 15.5. The van der Waals surface area contributed by atoms with Gasteiger partial charge in [-0.1, -0.05) is 25.0 Å². The van der Waals surface area contributed by atoms with Gasteiger partial charge in [-0.15, -0.1) is 0 Å². The minimum atomic E-state index is -0.189. The molecule has 0 aliphatic heterocycles. The lowest BCUT2D eigenvalue weighted by Crippen LogP contribution is -2.18. The van der Waals surface area contributed by atoms with Gasteiger partial charge in [0.1, 0.15) is 0 Å². The van der Waals surface area contributed by atoms with E-state index in [2.05, 4.69) is 20.6 Å². The summed E-state index contributed by atoms with van der Waals surface area (Å²) in [5, 5.41) is 6.24. The third-order valence-corrected chi connectivity index (χ3v) is 4.24. The Morgan fingerprint density at radius 1 is 1.13 bits per heavy atom. The van der Waals surface area contributed by atoms with Crippen LogP contribution in [-0.2, 0) is 0 Å². The number of rotatable bonds is 4. The van der Waals surface area contributed by atoms with Crippen LogP contribution in [0.4, 0.5) is 11.6 Å². The molecule has 1 aromatic carbocycles. The van der Waals surface area contributed by atoms with Gasteiger partial charge in [-0.25, -0.2) is 9.97 Å². The Bertz CT molecular complexity index is 691. The minimum absolute atomic E-state index is 0.189. The van der Waals surface area contributed by atoms with Crippen molar-refractivity contribution in [2.75, 3.05) is 10.6 Å². The zero-order valence-electron chi connectivity index (χ0n) is 13.6. The Morgan fingerprint density at radius 3 is 2.52 bits per heavy atom. The van der Waals surface area contributed by atoms with Gasteiger partial charge in [0, 0.05) is 24.1 Å². The molecule has 1 fully saturated rings. The van der Waals surface area contributed by atoms with Gasteiger partial charge in [-0.05, 0) is 43.9 Å². The molecule has 0 unspecified atom stereocenters. The predicted octanol–water partition coefficient (Wildman–Crippen LogP) is 3.70. The lowest BCUT2D eigenvalue weighted by Gasteiger charge is -2.12. The molecular weight excluding hydrogens is 288 g/mol. The number of anilines is 2. The summed E-state index contributed by atoms with van der Waals surface area (Å²) in [4.78, 5) is 20.8. The number of hydrogen-bond donors (Lipinski definition) is 2. The van der Waals surface area contributed by atoms with Crippen LogP contribution in [0, 0.1) is 13.8 Å². The van der Waals surface area contributed by atoms with Crippen molar-refractivity contribution >= 4 is 17.5 Å². The monoisotopic (exact) mass is 310 g/mol. The number of aryl methyl sites for hydroxylation is 2. The maximum absolute atomic E-state index is 12.3. The molecule has 1 aromatic heterocycles. The average Bonchev–Trinajstić information content (AvgIpc) is 3.04. The molecule has 5 nitrogen and oxygen atoms in total. The Hall–Kier alpha value is -2.43. The maximum atomic E-state index is 12.3. The Kier molecular flexibility index (Phi) is 4.55. The Morgan fingerprint density at radius 2 is 1.83 bits per heavy atom. The van der Waals surface area contributed by atoms with Crippen LogP contribution in [0.25, 0.3) is 0 Å². The molecule has 0 atom stereocenters. The highest BCUT2D eigenvalue weighted by molar-refractivity contribution is 6.04. The Balaban J connectivity index is 1.66. The van der Waals surface area contributed by atoms with Crippen LogP contribution in [0.2, 0.25) is 0 Å². The van der Waals surface area contributed by atoms with E-state index in [-0.39, 0.29) is 5.91 Å². The molecular formula is C18H22N4O. The number of nitrogens with zero attached hydrogens (tertiary/aromatic N) is 2. The molecule has 3 rings (SSSR count). The molecule has 1 amide bonds. The number of hydrogen-bond acceptors (Lipinski definition) is 4. The summed E-state index contributed by atoms with van der Waals surface area (Å²) in [5.74, 6) is 0.409. The van der Waals surface area contributed by atoms with Crippen LogP contribution in [0.1, 0.15) is 47.2 Å². The van der Waals surface area contributed by atoms with E-state index in [1.165, 1.54) is 12.8 Å². The fraction of sp³-hybridized carbons (Fsp3) is 0.389. The molecule has 120 valence electrons. The molecule has 23 heavy (non-hydrogen) atoms. The van der Waals surface area contributed by atoms with Gasteiger partial charge in [-0.3, -0.25) is 4.79 Å². The minimum Gasteiger partial charge on any atom is -0.351 e. The van der Waals surface area contributed by atoms with Gasteiger partial charge in [0.05, 0.1) is 5.56 Å². The summed E-state index contributed by atoms with van der Waals surface area (Å²) in [6, 6.07) is 6.45. The van der Waals surface area contributed by atoms with Crippen molar-refractivity contribution in [3.63, 3.8) is 0 Å². The zero-order valence-corrected chi connectivity index (χ0v) is 13.6. The Labute approximate surface area is 136 Å². The van der Waals surface area contributed by atoms with Gasteiger partial charge in [0.2, 0.25) is 5.95 Å². The van der Waals surface area contributed by atoms with E-state index < -0.39 is 0 Å². The lowest BCUT2D eigenvalue weighted by atomic mass is 10.1. The largest absolute Gasteiger partial charge is 0.351 e. The van der Waals surface area contributed by atoms with Crippen LogP contribution in [-0.4, -0.2) is 21.9 Å². The number of amides is 1.